The molecule has 0 spiro atoms. The first-order valence-electron chi connectivity index (χ1n) is 6.79. The Morgan fingerprint density at radius 3 is 2.35 bits per heavy atom. The van der Waals surface area contributed by atoms with Crippen LogP contribution in [0, 0.1) is 6.92 Å². The minimum Gasteiger partial charge on any atom is -0.393 e. The van der Waals surface area contributed by atoms with Crippen molar-refractivity contribution in [3.05, 3.63) is 65.7 Å². The molecule has 0 amide bonds. The van der Waals surface area contributed by atoms with Crippen LogP contribution in [0.4, 0.5) is 5.69 Å². The van der Waals surface area contributed by atoms with Gasteiger partial charge in [-0.15, -0.1) is 0 Å². The van der Waals surface area contributed by atoms with Gasteiger partial charge in [0, 0.05) is 25.2 Å². The van der Waals surface area contributed by atoms with Gasteiger partial charge in [0.25, 0.3) is 0 Å². The van der Waals surface area contributed by atoms with E-state index < -0.39 is 0 Å². The fraction of sp³-hybridized carbons (Fsp3) is 0.235. The maximum absolute atomic E-state index is 5.65. The molecule has 0 aliphatic heterocycles. The summed E-state index contributed by atoms with van der Waals surface area (Å²) < 4.78 is 0. The lowest BCUT2D eigenvalue weighted by atomic mass is 10.1. The van der Waals surface area contributed by atoms with Gasteiger partial charge in [-0.2, -0.15) is 0 Å². The van der Waals surface area contributed by atoms with E-state index in [4.69, 9.17) is 18.0 Å². The highest BCUT2D eigenvalue weighted by molar-refractivity contribution is 7.80. The van der Waals surface area contributed by atoms with E-state index in [2.05, 4.69) is 60.4 Å². The largest absolute Gasteiger partial charge is 0.393 e. The molecule has 0 heterocycles. The van der Waals surface area contributed by atoms with Crippen LogP contribution >= 0.6 is 12.2 Å². The van der Waals surface area contributed by atoms with Crippen molar-refractivity contribution >= 4 is 22.9 Å². The highest BCUT2D eigenvalue weighted by Gasteiger charge is 2.08. The normalized spacial score (nSPS) is 10.2. The topological polar surface area (TPSA) is 29.3 Å². The number of hydrogen-bond acceptors (Lipinski definition) is 2. The molecule has 2 aromatic carbocycles. The molecule has 0 aromatic heterocycles. The Bertz CT molecular complexity index is 566. The molecular formula is C17H20N2S. The Morgan fingerprint density at radius 2 is 1.70 bits per heavy atom. The van der Waals surface area contributed by atoms with E-state index >= 15 is 0 Å². The average Bonchev–Trinajstić information content (AvgIpc) is 2.46. The summed E-state index contributed by atoms with van der Waals surface area (Å²) in [5.74, 6) is 0. The summed E-state index contributed by atoms with van der Waals surface area (Å²) in [5.41, 5.74) is 9.49. The minimum absolute atomic E-state index is 0.565. The average molecular weight is 284 g/mol. The van der Waals surface area contributed by atoms with Gasteiger partial charge < -0.3 is 10.6 Å². The summed E-state index contributed by atoms with van der Waals surface area (Å²) >= 11 is 5.01. The number of nitrogens with two attached hydrogens (primary N) is 1. The predicted octanol–water partition coefficient (Wildman–Crippen LogP) is 3.68. The van der Waals surface area contributed by atoms with Gasteiger partial charge in [0.1, 0.15) is 0 Å². The molecule has 0 aliphatic rings. The van der Waals surface area contributed by atoms with Crippen LogP contribution in [0.5, 0.6) is 0 Å². The SMILES string of the molecule is Cc1ccccc1CN(CCC(N)=S)c1ccccc1. The first kappa shape index (κ1) is 14.5. The number of benzene rings is 2. The molecule has 0 atom stereocenters. The van der Waals surface area contributed by atoms with Crippen LogP contribution in [0.2, 0.25) is 0 Å². The maximum Gasteiger partial charge on any atom is 0.0745 e. The third-order valence-corrected chi connectivity index (χ3v) is 3.58. The molecule has 0 aliphatic carbocycles. The first-order valence-corrected chi connectivity index (χ1v) is 7.20. The summed E-state index contributed by atoms with van der Waals surface area (Å²) in [6, 6.07) is 18.9. The first-order chi connectivity index (χ1) is 9.66. The van der Waals surface area contributed by atoms with E-state index in [0.717, 1.165) is 19.5 Å². The molecule has 3 heteroatoms. The standard InChI is InChI=1S/C17H20N2S/c1-14-7-5-6-8-15(14)13-19(12-11-17(18)20)16-9-3-2-4-10-16/h2-10H,11-13H2,1H3,(H2,18,20). The van der Waals surface area contributed by atoms with Gasteiger partial charge in [-0.25, -0.2) is 0 Å². The second kappa shape index (κ2) is 7.06. The molecular weight excluding hydrogens is 264 g/mol. The lowest BCUT2D eigenvalue weighted by Crippen LogP contribution is -2.27. The Hall–Kier alpha value is -1.87. The second-order valence-corrected chi connectivity index (χ2v) is 5.42. The van der Waals surface area contributed by atoms with Crippen molar-refractivity contribution in [1.82, 2.24) is 0 Å². The molecule has 2 rings (SSSR count). The number of rotatable bonds is 6. The van der Waals surface area contributed by atoms with E-state index in [1.807, 2.05) is 6.07 Å². The van der Waals surface area contributed by atoms with E-state index in [-0.39, 0.29) is 0 Å². The van der Waals surface area contributed by atoms with E-state index in [0.29, 0.717) is 4.99 Å². The van der Waals surface area contributed by atoms with Crippen LogP contribution in [0.1, 0.15) is 17.5 Å². The third kappa shape index (κ3) is 4.07. The minimum atomic E-state index is 0.565. The second-order valence-electron chi connectivity index (χ2n) is 4.90. The van der Waals surface area contributed by atoms with Gasteiger partial charge in [-0.3, -0.25) is 0 Å². The molecule has 2 aromatic rings. The number of aryl methyl sites for hydroxylation is 1. The molecule has 0 fully saturated rings. The number of anilines is 1. The van der Waals surface area contributed by atoms with E-state index in [1.54, 1.807) is 0 Å². The van der Waals surface area contributed by atoms with Crippen molar-refractivity contribution < 1.29 is 0 Å². The van der Waals surface area contributed by atoms with Gasteiger partial charge in [-0.05, 0) is 30.2 Å². The summed E-state index contributed by atoms with van der Waals surface area (Å²) in [5, 5.41) is 0. The zero-order valence-corrected chi connectivity index (χ0v) is 12.6. The molecule has 0 radical (unpaired) electrons. The van der Waals surface area contributed by atoms with Crippen molar-refractivity contribution in [1.29, 1.82) is 0 Å². The van der Waals surface area contributed by atoms with Crippen molar-refractivity contribution in [2.24, 2.45) is 5.73 Å². The fourth-order valence-electron chi connectivity index (χ4n) is 2.18. The van der Waals surface area contributed by atoms with Crippen LogP contribution < -0.4 is 10.6 Å². The Labute approximate surface area is 126 Å². The zero-order valence-electron chi connectivity index (χ0n) is 11.8. The van der Waals surface area contributed by atoms with Gasteiger partial charge in [0.2, 0.25) is 0 Å². The Morgan fingerprint density at radius 1 is 1.05 bits per heavy atom. The quantitative estimate of drug-likeness (QED) is 0.821. The van der Waals surface area contributed by atoms with Gasteiger partial charge in [0.15, 0.2) is 0 Å². The van der Waals surface area contributed by atoms with Crippen molar-refractivity contribution in [2.75, 3.05) is 11.4 Å². The molecule has 0 saturated carbocycles. The molecule has 2 nitrogen and oxygen atoms in total. The summed E-state index contributed by atoms with van der Waals surface area (Å²) in [6.45, 7) is 3.86. The highest BCUT2D eigenvalue weighted by atomic mass is 32.1. The summed E-state index contributed by atoms with van der Waals surface area (Å²) in [6.07, 6.45) is 0.732. The zero-order chi connectivity index (χ0) is 14.4. The van der Waals surface area contributed by atoms with Crippen molar-refractivity contribution in [2.45, 2.75) is 19.9 Å². The molecule has 104 valence electrons. The van der Waals surface area contributed by atoms with Crippen molar-refractivity contribution in [3.8, 4) is 0 Å². The number of thiocarbonyl (C=S) groups is 1. The molecule has 0 saturated heterocycles. The highest BCUT2D eigenvalue weighted by Crippen LogP contribution is 2.18. The van der Waals surface area contributed by atoms with E-state index in [9.17, 15) is 0 Å². The van der Waals surface area contributed by atoms with Crippen LogP contribution in [0.25, 0.3) is 0 Å². The van der Waals surface area contributed by atoms with Crippen LogP contribution in [0.3, 0.4) is 0 Å². The Balaban J connectivity index is 2.18. The van der Waals surface area contributed by atoms with Crippen molar-refractivity contribution in [3.63, 3.8) is 0 Å². The van der Waals surface area contributed by atoms with E-state index in [1.165, 1.54) is 16.8 Å². The Kier molecular flexibility index (Phi) is 5.13. The molecule has 0 unspecified atom stereocenters. The smallest absolute Gasteiger partial charge is 0.0745 e. The van der Waals surface area contributed by atoms with Crippen LogP contribution in [-0.4, -0.2) is 11.5 Å². The number of nitrogens with zero attached hydrogens (tertiary/aromatic N) is 1. The third-order valence-electron chi connectivity index (χ3n) is 3.37. The number of hydrogen-bond donors (Lipinski definition) is 1. The van der Waals surface area contributed by atoms with Gasteiger partial charge >= 0.3 is 0 Å². The van der Waals surface area contributed by atoms with Gasteiger partial charge in [-0.1, -0.05) is 54.7 Å². The molecule has 2 N–H and O–H groups in total. The predicted molar refractivity (Wildman–Crippen MR) is 90.1 cm³/mol. The number of para-hydroxylation sites is 1. The monoisotopic (exact) mass is 284 g/mol. The maximum atomic E-state index is 5.65. The van der Waals surface area contributed by atoms with Crippen LogP contribution in [-0.2, 0) is 6.54 Å². The van der Waals surface area contributed by atoms with Gasteiger partial charge in [0.05, 0.1) is 4.99 Å². The molecule has 20 heavy (non-hydrogen) atoms. The summed E-state index contributed by atoms with van der Waals surface area (Å²) in [7, 11) is 0. The lowest BCUT2D eigenvalue weighted by Gasteiger charge is -2.25. The van der Waals surface area contributed by atoms with Crippen LogP contribution in [0.15, 0.2) is 54.6 Å². The molecule has 0 bridgehead atoms. The summed E-state index contributed by atoms with van der Waals surface area (Å²) in [4.78, 5) is 2.89. The fourth-order valence-corrected chi connectivity index (χ4v) is 2.27. The lowest BCUT2D eigenvalue weighted by molar-refractivity contribution is 0.803.